The Hall–Kier alpha value is -2.22. The summed E-state index contributed by atoms with van der Waals surface area (Å²) in [6.45, 7) is 5.06. The van der Waals surface area contributed by atoms with Gasteiger partial charge in [-0.1, -0.05) is 23.5 Å². The van der Waals surface area contributed by atoms with Gasteiger partial charge < -0.3 is 4.74 Å². The van der Waals surface area contributed by atoms with E-state index in [-0.39, 0.29) is 18.9 Å². The first-order chi connectivity index (χ1) is 12.2. The molecule has 1 aromatic carbocycles. The molecule has 0 aliphatic carbocycles. The molecule has 0 spiro atoms. The van der Waals surface area contributed by atoms with Crippen LogP contribution < -0.4 is 4.90 Å². The van der Waals surface area contributed by atoms with Crippen LogP contribution in [-0.4, -0.2) is 53.3 Å². The SMILES string of the molecule is CN(C(=O)[C@@H]1C[C@@H](F)CN1C(=O)OC(C)(C)C)c1nc2ccccc2s1. The predicted molar refractivity (Wildman–Crippen MR) is 99.3 cm³/mol. The summed E-state index contributed by atoms with van der Waals surface area (Å²) in [5.41, 5.74) is 0.0869. The highest BCUT2D eigenvalue weighted by molar-refractivity contribution is 7.22. The average Bonchev–Trinajstić information content (AvgIpc) is 3.15. The molecule has 0 unspecified atom stereocenters. The number of para-hydroxylation sites is 1. The van der Waals surface area contributed by atoms with Gasteiger partial charge in [0.1, 0.15) is 17.8 Å². The molecule has 1 fully saturated rings. The van der Waals surface area contributed by atoms with Crippen molar-refractivity contribution in [2.45, 2.75) is 45.0 Å². The van der Waals surface area contributed by atoms with Crippen molar-refractivity contribution in [1.29, 1.82) is 0 Å². The largest absolute Gasteiger partial charge is 0.444 e. The Morgan fingerprint density at radius 3 is 2.69 bits per heavy atom. The number of hydrogen-bond donors (Lipinski definition) is 0. The van der Waals surface area contributed by atoms with Crippen molar-refractivity contribution in [3.8, 4) is 0 Å². The summed E-state index contributed by atoms with van der Waals surface area (Å²) >= 11 is 1.38. The molecule has 2 aromatic rings. The number of anilines is 1. The van der Waals surface area contributed by atoms with Crippen LogP contribution in [0.15, 0.2) is 24.3 Å². The molecule has 0 radical (unpaired) electrons. The minimum Gasteiger partial charge on any atom is -0.444 e. The molecule has 2 atom stereocenters. The Morgan fingerprint density at radius 2 is 2.04 bits per heavy atom. The Kier molecular flexibility index (Phi) is 4.88. The number of carbonyl (C=O) groups is 2. The van der Waals surface area contributed by atoms with Crippen molar-refractivity contribution in [2.75, 3.05) is 18.5 Å². The van der Waals surface area contributed by atoms with Crippen molar-refractivity contribution in [2.24, 2.45) is 0 Å². The summed E-state index contributed by atoms with van der Waals surface area (Å²) in [6, 6.07) is 6.68. The van der Waals surface area contributed by atoms with E-state index >= 15 is 0 Å². The number of thiazole rings is 1. The second-order valence-corrected chi connectivity index (χ2v) is 8.35. The second kappa shape index (κ2) is 6.83. The van der Waals surface area contributed by atoms with Crippen LogP contribution in [-0.2, 0) is 9.53 Å². The fourth-order valence-electron chi connectivity index (χ4n) is 2.86. The zero-order valence-corrected chi connectivity index (χ0v) is 16.0. The van der Waals surface area contributed by atoms with Crippen molar-refractivity contribution in [1.82, 2.24) is 9.88 Å². The molecule has 3 rings (SSSR count). The van der Waals surface area contributed by atoms with E-state index < -0.39 is 23.9 Å². The first-order valence-electron chi connectivity index (χ1n) is 8.42. The van der Waals surface area contributed by atoms with Crippen molar-refractivity contribution < 1.29 is 18.7 Å². The lowest BCUT2D eigenvalue weighted by Gasteiger charge is -2.29. The number of halogens is 1. The zero-order valence-electron chi connectivity index (χ0n) is 15.2. The number of carbonyl (C=O) groups excluding carboxylic acids is 2. The van der Waals surface area contributed by atoms with Gasteiger partial charge in [0.15, 0.2) is 5.13 Å². The van der Waals surface area contributed by atoms with Gasteiger partial charge in [0, 0.05) is 13.5 Å². The minimum absolute atomic E-state index is 0.0344. The fourth-order valence-corrected chi connectivity index (χ4v) is 3.79. The number of rotatable bonds is 2. The summed E-state index contributed by atoms with van der Waals surface area (Å²) in [6.07, 6.45) is -1.96. The van der Waals surface area contributed by atoms with Crippen molar-refractivity contribution in [3.05, 3.63) is 24.3 Å². The van der Waals surface area contributed by atoms with Gasteiger partial charge in [-0.25, -0.2) is 14.2 Å². The number of aromatic nitrogens is 1. The molecule has 1 aliphatic rings. The highest BCUT2D eigenvalue weighted by atomic mass is 32.1. The van der Waals surface area contributed by atoms with Crippen LogP contribution in [0.5, 0.6) is 0 Å². The topological polar surface area (TPSA) is 62.7 Å². The Bertz CT molecular complexity index is 799. The number of likely N-dealkylation sites (tertiary alicyclic amines) is 1. The summed E-state index contributed by atoms with van der Waals surface area (Å²) in [4.78, 5) is 32.3. The Morgan fingerprint density at radius 1 is 1.35 bits per heavy atom. The van der Waals surface area contributed by atoms with Crippen molar-refractivity contribution in [3.63, 3.8) is 0 Å². The van der Waals surface area contributed by atoms with Gasteiger partial charge >= 0.3 is 6.09 Å². The third-order valence-corrected chi connectivity index (χ3v) is 5.18. The van der Waals surface area contributed by atoms with Crippen LogP contribution >= 0.6 is 11.3 Å². The Balaban J connectivity index is 1.80. The van der Waals surface area contributed by atoms with Crippen LogP contribution in [0.2, 0.25) is 0 Å². The van der Waals surface area contributed by atoms with Gasteiger partial charge in [-0.2, -0.15) is 0 Å². The maximum absolute atomic E-state index is 14.0. The maximum atomic E-state index is 14.0. The Labute approximate surface area is 155 Å². The lowest BCUT2D eigenvalue weighted by atomic mass is 10.2. The molecular formula is C18H22FN3O3S. The lowest BCUT2D eigenvalue weighted by molar-refractivity contribution is -0.122. The number of hydrogen-bond acceptors (Lipinski definition) is 5. The maximum Gasteiger partial charge on any atom is 0.411 e. The molecule has 8 heteroatoms. The molecule has 0 saturated carbocycles. The monoisotopic (exact) mass is 379 g/mol. The molecule has 1 aromatic heterocycles. The van der Waals surface area contributed by atoms with E-state index in [0.717, 1.165) is 10.2 Å². The zero-order chi connectivity index (χ0) is 19.1. The van der Waals surface area contributed by atoms with Gasteiger partial charge in [-0.3, -0.25) is 14.6 Å². The molecule has 2 heterocycles. The number of amides is 2. The van der Waals surface area contributed by atoms with E-state index in [0.29, 0.717) is 5.13 Å². The molecule has 2 amide bonds. The first kappa shape index (κ1) is 18.6. The van der Waals surface area contributed by atoms with Gasteiger partial charge in [0.2, 0.25) is 0 Å². The van der Waals surface area contributed by atoms with Crippen LogP contribution in [0.4, 0.5) is 14.3 Å². The van der Waals surface area contributed by atoms with E-state index in [1.165, 1.54) is 21.1 Å². The van der Waals surface area contributed by atoms with E-state index in [1.807, 2.05) is 24.3 Å². The van der Waals surface area contributed by atoms with Gasteiger partial charge in [0.25, 0.3) is 5.91 Å². The average molecular weight is 379 g/mol. The normalized spacial score (nSPS) is 20.4. The standard InChI is InChI=1S/C18H22FN3O3S/c1-18(2,3)25-17(24)22-10-11(19)9-13(22)15(23)21(4)16-20-12-7-5-6-8-14(12)26-16/h5-8,11,13H,9-10H2,1-4H3/t11-,13+/m1/s1. The predicted octanol–water partition coefficient (Wildman–Crippen LogP) is 3.61. The number of benzene rings is 1. The van der Waals surface area contributed by atoms with E-state index in [2.05, 4.69) is 4.98 Å². The number of nitrogens with zero attached hydrogens (tertiary/aromatic N) is 3. The third-order valence-electron chi connectivity index (χ3n) is 4.06. The van der Waals surface area contributed by atoms with Crippen LogP contribution in [0.3, 0.4) is 0 Å². The number of fused-ring (bicyclic) bond motifs is 1. The number of ether oxygens (including phenoxy) is 1. The second-order valence-electron chi connectivity index (χ2n) is 7.34. The molecule has 0 N–H and O–H groups in total. The van der Waals surface area contributed by atoms with E-state index in [1.54, 1.807) is 27.8 Å². The number of alkyl halides is 1. The first-order valence-corrected chi connectivity index (χ1v) is 9.24. The highest BCUT2D eigenvalue weighted by Crippen LogP contribution is 2.30. The third kappa shape index (κ3) is 3.80. The van der Waals surface area contributed by atoms with Crippen LogP contribution in [0, 0.1) is 0 Å². The minimum atomic E-state index is -1.25. The summed E-state index contributed by atoms with van der Waals surface area (Å²) in [5.74, 6) is -0.366. The molecule has 140 valence electrons. The summed E-state index contributed by atoms with van der Waals surface area (Å²) in [7, 11) is 1.60. The van der Waals surface area contributed by atoms with Crippen LogP contribution in [0.1, 0.15) is 27.2 Å². The molecular weight excluding hydrogens is 357 g/mol. The van der Waals surface area contributed by atoms with Crippen LogP contribution in [0.25, 0.3) is 10.2 Å². The quantitative estimate of drug-likeness (QED) is 0.800. The molecule has 0 bridgehead atoms. The van der Waals surface area contributed by atoms with Crippen molar-refractivity contribution >= 4 is 38.7 Å². The fraction of sp³-hybridized carbons (Fsp3) is 0.500. The molecule has 1 saturated heterocycles. The van der Waals surface area contributed by atoms with Gasteiger partial charge in [0.05, 0.1) is 16.8 Å². The van der Waals surface area contributed by atoms with E-state index in [4.69, 9.17) is 4.74 Å². The smallest absolute Gasteiger partial charge is 0.411 e. The molecule has 26 heavy (non-hydrogen) atoms. The summed E-state index contributed by atoms with van der Waals surface area (Å²) in [5, 5.41) is 0.516. The molecule has 6 nitrogen and oxygen atoms in total. The highest BCUT2D eigenvalue weighted by Gasteiger charge is 2.43. The van der Waals surface area contributed by atoms with Gasteiger partial charge in [-0.05, 0) is 32.9 Å². The molecule has 1 aliphatic heterocycles. The number of likely N-dealkylation sites (N-methyl/N-ethyl adjacent to an activating group) is 1. The van der Waals surface area contributed by atoms with Gasteiger partial charge in [-0.15, -0.1) is 0 Å². The lowest BCUT2D eigenvalue weighted by Crippen LogP contribution is -2.48. The summed E-state index contributed by atoms with van der Waals surface area (Å²) < 4.78 is 20.3. The van der Waals surface area contributed by atoms with E-state index in [9.17, 15) is 14.0 Å².